The molecule has 39 heavy (non-hydrogen) atoms. The fourth-order valence-corrected chi connectivity index (χ4v) is 5.51. The zero-order valence-electron chi connectivity index (χ0n) is 21.4. The molecule has 2 aliphatic rings. The van der Waals surface area contributed by atoms with Gasteiger partial charge >= 0.3 is 5.97 Å². The van der Waals surface area contributed by atoms with E-state index in [4.69, 9.17) is 37.7 Å². The van der Waals surface area contributed by atoms with Gasteiger partial charge in [-0.2, -0.15) is 4.98 Å². The molecule has 0 atom stereocenters. The smallest absolute Gasteiger partial charge is 0.306 e. The molecule has 8 nitrogen and oxygen atoms in total. The van der Waals surface area contributed by atoms with Gasteiger partial charge in [0, 0.05) is 10.6 Å². The lowest BCUT2D eigenvalue weighted by Gasteiger charge is -2.27. The molecule has 2 aromatic heterocycles. The number of ether oxygens (including phenoxy) is 2. The molecule has 0 unspecified atom stereocenters. The van der Waals surface area contributed by atoms with Crippen molar-refractivity contribution in [2.75, 3.05) is 0 Å². The molecule has 202 valence electrons. The van der Waals surface area contributed by atoms with E-state index in [2.05, 4.69) is 16.9 Å². The first kappa shape index (κ1) is 25.9. The second-order valence-electron chi connectivity index (χ2n) is 10.6. The maximum Gasteiger partial charge on any atom is 0.306 e. The van der Waals surface area contributed by atoms with Crippen molar-refractivity contribution in [1.29, 1.82) is 0 Å². The van der Waals surface area contributed by atoms with Crippen LogP contribution in [0.5, 0.6) is 11.6 Å². The number of carbonyl (C=O) groups is 1. The average molecular weight is 567 g/mol. The highest BCUT2D eigenvalue weighted by atomic mass is 35.5. The number of imidazole rings is 1. The molecule has 0 amide bonds. The normalized spacial score (nSPS) is 20.1. The third-order valence-electron chi connectivity index (χ3n) is 7.53. The number of halogens is 2. The highest BCUT2D eigenvalue weighted by molar-refractivity contribution is 6.33. The molecular formula is C29H28Cl2N4O4. The maximum atomic E-state index is 11.3. The summed E-state index contributed by atoms with van der Waals surface area (Å²) < 4.78 is 14.4. The molecule has 0 aliphatic heterocycles. The van der Waals surface area contributed by atoms with Gasteiger partial charge in [-0.25, -0.2) is 9.97 Å². The monoisotopic (exact) mass is 566 g/mol. The molecule has 0 spiro atoms. The third-order valence-corrected chi connectivity index (χ3v) is 8.08. The van der Waals surface area contributed by atoms with Gasteiger partial charge in [-0.1, -0.05) is 35.3 Å². The van der Waals surface area contributed by atoms with E-state index in [1.54, 1.807) is 6.07 Å². The largest absolute Gasteiger partial charge is 0.490 e. The number of aromatic nitrogens is 4. The summed E-state index contributed by atoms with van der Waals surface area (Å²) >= 11 is 13.1. The van der Waals surface area contributed by atoms with Crippen molar-refractivity contribution in [2.24, 2.45) is 5.92 Å². The van der Waals surface area contributed by atoms with Crippen molar-refractivity contribution in [2.45, 2.75) is 63.7 Å². The topological polar surface area (TPSA) is 99.4 Å². The summed E-state index contributed by atoms with van der Waals surface area (Å²) in [5.41, 5.74) is 2.71. The Labute approximate surface area is 235 Å². The minimum atomic E-state index is -0.731. The molecule has 10 heteroatoms. The van der Waals surface area contributed by atoms with E-state index in [9.17, 15) is 9.90 Å². The summed E-state index contributed by atoms with van der Waals surface area (Å²) in [4.78, 5) is 25.2. The minimum absolute atomic E-state index is 0.0336. The van der Waals surface area contributed by atoms with Crippen LogP contribution in [-0.2, 0) is 11.3 Å². The Morgan fingerprint density at radius 3 is 2.59 bits per heavy atom. The Kier molecular flexibility index (Phi) is 6.85. The van der Waals surface area contributed by atoms with E-state index < -0.39 is 5.97 Å². The van der Waals surface area contributed by atoms with Crippen LogP contribution in [0.1, 0.15) is 51.0 Å². The zero-order valence-corrected chi connectivity index (χ0v) is 23.0. The number of rotatable bonds is 8. The van der Waals surface area contributed by atoms with Crippen molar-refractivity contribution in [3.05, 3.63) is 64.4 Å². The van der Waals surface area contributed by atoms with Crippen LogP contribution in [0, 0.1) is 5.92 Å². The van der Waals surface area contributed by atoms with Gasteiger partial charge in [0.2, 0.25) is 5.88 Å². The van der Waals surface area contributed by atoms with E-state index in [0.717, 1.165) is 24.0 Å². The number of carboxylic acids is 1. The van der Waals surface area contributed by atoms with E-state index in [1.807, 2.05) is 41.0 Å². The van der Waals surface area contributed by atoms with Gasteiger partial charge < -0.3 is 19.1 Å². The van der Waals surface area contributed by atoms with Gasteiger partial charge in [0.1, 0.15) is 23.5 Å². The van der Waals surface area contributed by atoms with Crippen molar-refractivity contribution in [3.63, 3.8) is 0 Å². The van der Waals surface area contributed by atoms with E-state index in [-0.39, 0.29) is 17.6 Å². The highest BCUT2D eigenvalue weighted by Gasteiger charge is 2.41. The van der Waals surface area contributed by atoms with E-state index >= 15 is 0 Å². The number of nitrogens with zero attached hydrogens (tertiary/aromatic N) is 4. The average Bonchev–Trinajstić information content (AvgIpc) is 3.52. The maximum absolute atomic E-state index is 11.3. The standard InChI is InChI=1S/C29H28Cl2N4O4/c1-29(11-12-29)39-27-24-26(32-16-33-27)35(15-17-3-2-4-19(30)13-17)25(34-24)22-10-9-21(14-23(22)31)38-20-7-5-18(6-8-20)28(36)37/h2-4,9-10,13-14,16,18,20H,5-8,11-12,15H2,1H3,(H,36,37). The van der Waals surface area contributed by atoms with Crippen LogP contribution in [0.3, 0.4) is 0 Å². The molecule has 2 fully saturated rings. The summed E-state index contributed by atoms with van der Waals surface area (Å²) in [5, 5.41) is 10.4. The number of hydrogen-bond donors (Lipinski definition) is 1. The van der Waals surface area contributed by atoms with Crippen LogP contribution in [-0.4, -0.2) is 42.3 Å². The SMILES string of the molecule is CC1(Oc2ncnc3c2nc(-c2ccc(OC4CCC(C(=O)O)CC4)cc2Cl)n3Cc2cccc(Cl)c2)CC1. The predicted octanol–water partition coefficient (Wildman–Crippen LogP) is 6.80. The number of carboxylic acid groups (broad SMARTS) is 1. The first-order valence-corrected chi connectivity index (χ1v) is 13.9. The summed E-state index contributed by atoms with van der Waals surface area (Å²) in [7, 11) is 0. The number of aliphatic carboxylic acids is 1. The molecule has 2 aliphatic carbocycles. The predicted molar refractivity (Wildman–Crippen MR) is 149 cm³/mol. The number of hydrogen-bond acceptors (Lipinski definition) is 6. The van der Waals surface area contributed by atoms with E-state index in [1.165, 1.54) is 6.33 Å². The molecule has 2 aromatic carbocycles. The van der Waals surface area contributed by atoms with Crippen LogP contribution < -0.4 is 9.47 Å². The molecule has 2 saturated carbocycles. The Hall–Kier alpha value is -3.36. The molecule has 0 bridgehead atoms. The third kappa shape index (κ3) is 5.54. The van der Waals surface area contributed by atoms with Crippen LogP contribution in [0.4, 0.5) is 0 Å². The molecule has 0 saturated heterocycles. The van der Waals surface area contributed by atoms with Crippen LogP contribution in [0.2, 0.25) is 10.0 Å². The fraction of sp³-hybridized carbons (Fsp3) is 0.379. The summed E-state index contributed by atoms with van der Waals surface area (Å²) in [6.45, 7) is 2.54. The quantitative estimate of drug-likeness (QED) is 0.250. The van der Waals surface area contributed by atoms with E-state index in [0.29, 0.717) is 70.9 Å². The zero-order chi connectivity index (χ0) is 27.1. The molecular weight excluding hydrogens is 539 g/mol. The molecule has 6 rings (SSSR count). The van der Waals surface area contributed by atoms with Gasteiger partial charge in [0.25, 0.3) is 0 Å². The molecule has 2 heterocycles. The lowest BCUT2D eigenvalue weighted by molar-refractivity contribution is -0.143. The summed E-state index contributed by atoms with van der Waals surface area (Å²) in [6.07, 6.45) is 6.04. The van der Waals surface area contributed by atoms with Crippen LogP contribution in [0.25, 0.3) is 22.6 Å². The Balaban J connectivity index is 1.34. The van der Waals surface area contributed by atoms with Crippen molar-refractivity contribution >= 4 is 40.3 Å². The van der Waals surface area contributed by atoms with Crippen LogP contribution >= 0.6 is 23.2 Å². The number of benzene rings is 2. The van der Waals surface area contributed by atoms with Gasteiger partial charge in [-0.15, -0.1) is 0 Å². The Morgan fingerprint density at radius 2 is 1.90 bits per heavy atom. The van der Waals surface area contributed by atoms with Crippen LogP contribution in [0.15, 0.2) is 48.8 Å². The second-order valence-corrected chi connectivity index (χ2v) is 11.5. The number of fused-ring (bicyclic) bond motifs is 1. The lowest BCUT2D eigenvalue weighted by Crippen LogP contribution is -2.27. The highest BCUT2D eigenvalue weighted by Crippen LogP contribution is 2.41. The fourth-order valence-electron chi connectivity index (χ4n) is 5.05. The van der Waals surface area contributed by atoms with Gasteiger partial charge in [-0.3, -0.25) is 4.79 Å². The first-order chi connectivity index (χ1) is 18.8. The molecule has 1 N–H and O–H groups in total. The lowest BCUT2D eigenvalue weighted by atomic mass is 9.87. The van der Waals surface area contributed by atoms with Crippen molar-refractivity contribution < 1.29 is 19.4 Å². The molecule has 0 radical (unpaired) electrons. The van der Waals surface area contributed by atoms with Crippen molar-refractivity contribution in [3.8, 4) is 23.0 Å². The summed E-state index contributed by atoms with van der Waals surface area (Å²) in [6, 6.07) is 13.2. The Bertz CT molecular complexity index is 1540. The Morgan fingerprint density at radius 1 is 1.10 bits per heavy atom. The van der Waals surface area contributed by atoms with Gasteiger partial charge in [-0.05, 0) is 81.3 Å². The van der Waals surface area contributed by atoms with Crippen molar-refractivity contribution in [1.82, 2.24) is 19.5 Å². The van der Waals surface area contributed by atoms with Gasteiger partial charge in [0.05, 0.1) is 23.6 Å². The molecule has 4 aromatic rings. The minimum Gasteiger partial charge on any atom is -0.490 e. The summed E-state index contributed by atoms with van der Waals surface area (Å²) in [5.74, 6) is 0.716. The first-order valence-electron chi connectivity index (χ1n) is 13.1. The second kappa shape index (κ2) is 10.3. The van der Waals surface area contributed by atoms with Gasteiger partial charge in [0.15, 0.2) is 11.2 Å².